The van der Waals surface area contributed by atoms with Crippen LogP contribution in [0, 0.1) is 0 Å². The second-order valence-electron chi connectivity index (χ2n) is 8.34. The Morgan fingerprint density at radius 1 is 1.06 bits per heavy atom. The van der Waals surface area contributed by atoms with Gasteiger partial charge in [0.2, 0.25) is 0 Å². The molecule has 1 atom stereocenters. The number of phenolic OH excluding ortho intramolecular Hbond substituents is 1. The predicted molar refractivity (Wildman–Crippen MR) is 139 cm³/mol. The van der Waals surface area contributed by atoms with Gasteiger partial charge in [-0.2, -0.15) is 0 Å². The van der Waals surface area contributed by atoms with E-state index in [9.17, 15) is 19.8 Å². The number of ketones is 1. The van der Waals surface area contributed by atoms with Crippen molar-refractivity contribution in [2.75, 3.05) is 13.7 Å². The standard InChI is InChI=1S/C28H26BrNO6/c1-3-13-36-20-11-9-18(10-12-20)25(31)23-24(19-14-21(29)26(32)22(15-19)35-2)30(28(34)27(23)33)16-17-7-5-4-6-8-17/h4-12,14-15,24,31-32H,3,13,16H2,1-2H3/b25-23+. The fourth-order valence-electron chi connectivity index (χ4n) is 4.16. The number of aromatic hydroxyl groups is 1. The SMILES string of the molecule is CCCOc1ccc(/C(O)=C2\C(=O)C(=O)N(Cc3ccccc3)C2c2cc(Br)c(O)c(OC)c2)cc1. The molecule has 0 aliphatic carbocycles. The Morgan fingerprint density at radius 2 is 1.75 bits per heavy atom. The molecule has 1 amide bonds. The lowest BCUT2D eigenvalue weighted by Crippen LogP contribution is -2.29. The monoisotopic (exact) mass is 551 g/mol. The molecule has 7 nitrogen and oxygen atoms in total. The molecular weight excluding hydrogens is 526 g/mol. The van der Waals surface area contributed by atoms with Crippen LogP contribution in [-0.2, 0) is 16.1 Å². The van der Waals surface area contributed by atoms with E-state index in [1.54, 1.807) is 36.4 Å². The lowest BCUT2D eigenvalue weighted by Gasteiger charge is -2.26. The van der Waals surface area contributed by atoms with Crippen LogP contribution in [0.15, 0.2) is 76.8 Å². The van der Waals surface area contributed by atoms with Gasteiger partial charge in [-0.15, -0.1) is 0 Å². The number of nitrogens with zero attached hydrogens (tertiary/aromatic N) is 1. The van der Waals surface area contributed by atoms with Crippen LogP contribution >= 0.6 is 15.9 Å². The zero-order chi connectivity index (χ0) is 25.8. The highest BCUT2D eigenvalue weighted by atomic mass is 79.9. The van der Waals surface area contributed by atoms with Gasteiger partial charge in [0.15, 0.2) is 11.5 Å². The predicted octanol–water partition coefficient (Wildman–Crippen LogP) is 5.57. The van der Waals surface area contributed by atoms with Crippen LogP contribution in [0.1, 0.15) is 36.1 Å². The first-order chi connectivity index (χ1) is 17.3. The van der Waals surface area contributed by atoms with Crippen LogP contribution in [0.5, 0.6) is 17.2 Å². The smallest absolute Gasteiger partial charge is 0.295 e. The van der Waals surface area contributed by atoms with Crippen molar-refractivity contribution < 1.29 is 29.3 Å². The molecule has 0 aromatic heterocycles. The molecule has 1 heterocycles. The third-order valence-corrected chi connectivity index (χ3v) is 6.53. The molecule has 2 N–H and O–H groups in total. The van der Waals surface area contributed by atoms with Crippen LogP contribution in [-0.4, -0.2) is 40.5 Å². The molecule has 1 unspecified atom stereocenters. The van der Waals surface area contributed by atoms with Crippen molar-refractivity contribution in [1.29, 1.82) is 0 Å². The first-order valence-corrected chi connectivity index (χ1v) is 12.3. The Hall–Kier alpha value is -3.78. The number of aliphatic hydroxyl groups is 1. The highest BCUT2D eigenvalue weighted by Gasteiger charge is 2.46. The van der Waals surface area contributed by atoms with E-state index in [2.05, 4.69) is 15.9 Å². The van der Waals surface area contributed by atoms with E-state index in [1.807, 2.05) is 37.3 Å². The quantitative estimate of drug-likeness (QED) is 0.216. The first-order valence-electron chi connectivity index (χ1n) is 11.5. The van der Waals surface area contributed by atoms with E-state index < -0.39 is 17.7 Å². The Bertz CT molecular complexity index is 1300. The van der Waals surface area contributed by atoms with Gasteiger partial charge in [-0.25, -0.2) is 0 Å². The lowest BCUT2D eigenvalue weighted by molar-refractivity contribution is -0.140. The molecule has 8 heteroatoms. The fourth-order valence-corrected chi connectivity index (χ4v) is 4.62. The number of halogens is 1. The average Bonchev–Trinajstić information content (AvgIpc) is 3.14. The number of likely N-dealkylation sites (tertiary alicyclic amines) is 1. The third-order valence-electron chi connectivity index (χ3n) is 5.92. The summed E-state index contributed by atoms with van der Waals surface area (Å²) in [6.45, 7) is 2.72. The van der Waals surface area contributed by atoms with E-state index in [0.717, 1.165) is 12.0 Å². The summed E-state index contributed by atoms with van der Waals surface area (Å²) in [4.78, 5) is 27.9. The van der Waals surface area contributed by atoms with E-state index in [4.69, 9.17) is 9.47 Å². The Balaban J connectivity index is 1.85. The maximum absolute atomic E-state index is 13.3. The Kier molecular flexibility index (Phi) is 7.64. The lowest BCUT2D eigenvalue weighted by atomic mass is 9.94. The van der Waals surface area contributed by atoms with Gasteiger partial charge in [0.25, 0.3) is 11.7 Å². The first kappa shape index (κ1) is 25.3. The maximum atomic E-state index is 13.3. The van der Waals surface area contributed by atoms with Gasteiger partial charge in [0.1, 0.15) is 11.5 Å². The van der Waals surface area contributed by atoms with Crippen LogP contribution in [0.2, 0.25) is 0 Å². The maximum Gasteiger partial charge on any atom is 0.295 e. The normalized spacial score (nSPS) is 16.9. The van der Waals surface area contributed by atoms with E-state index >= 15 is 0 Å². The molecule has 3 aromatic carbocycles. The molecule has 36 heavy (non-hydrogen) atoms. The minimum absolute atomic E-state index is 0.0437. The molecule has 1 aliphatic rings. The number of phenols is 1. The summed E-state index contributed by atoms with van der Waals surface area (Å²) < 4.78 is 11.2. The summed E-state index contributed by atoms with van der Waals surface area (Å²) in [7, 11) is 1.41. The van der Waals surface area contributed by atoms with Crippen molar-refractivity contribution in [1.82, 2.24) is 4.90 Å². The third kappa shape index (κ3) is 4.95. The van der Waals surface area contributed by atoms with Crippen molar-refractivity contribution in [2.45, 2.75) is 25.9 Å². The molecule has 1 saturated heterocycles. The summed E-state index contributed by atoms with van der Waals surface area (Å²) >= 11 is 3.32. The summed E-state index contributed by atoms with van der Waals surface area (Å²) in [6.07, 6.45) is 0.859. The summed E-state index contributed by atoms with van der Waals surface area (Å²) in [5, 5.41) is 21.6. The molecule has 0 bridgehead atoms. The number of methoxy groups -OCH3 is 1. The molecule has 0 radical (unpaired) electrons. The van der Waals surface area contributed by atoms with Crippen LogP contribution in [0.3, 0.4) is 0 Å². The van der Waals surface area contributed by atoms with Gasteiger partial charge in [0, 0.05) is 12.1 Å². The van der Waals surface area contributed by atoms with Crippen LogP contribution in [0.4, 0.5) is 0 Å². The number of amides is 1. The van der Waals surface area contributed by atoms with Gasteiger partial charge in [-0.1, -0.05) is 37.3 Å². The van der Waals surface area contributed by atoms with Crippen LogP contribution < -0.4 is 9.47 Å². The van der Waals surface area contributed by atoms with Gasteiger partial charge >= 0.3 is 0 Å². The minimum atomic E-state index is -0.910. The van der Waals surface area contributed by atoms with Crippen molar-refractivity contribution in [2.24, 2.45) is 0 Å². The Morgan fingerprint density at radius 3 is 2.39 bits per heavy atom. The molecule has 3 aromatic rings. The largest absolute Gasteiger partial charge is 0.507 e. The number of hydrogen-bond donors (Lipinski definition) is 2. The molecule has 186 valence electrons. The number of Topliss-reactive ketones (excluding diaryl/α,β-unsaturated/α-hetero) is 1. The molecule has 1 aliphatic heterocycles. The second-order valence-corrected chi connectivity index (χ2v) is 9.19. The van der Waals surface area contributed by atoms with Gasteiger partial charge in [0.05, 0.1) is 29.8 Å². The molecule has 1 fully saturated rings. The number of aliphatic hydroxyl groups excluding tert-OH is 1. The zero-order valence-electron chi connectivity index (χ0n) is 19.9. The Labute approximate surface area is 217 Å². The molecular formula is C28H26BrNO6. The highest BCUT2D eigenvalue weighted by Crippen LogP contribution is 2.45. The topological polar surface area (TPSA) is 96.3 Å². The van der Waals surface area contributed by atoms with Crippen molar-refractivity contribution >= 4 is 33.4 Å². The van der Waals surface area contributed by atoms with E-state index in [1.165, 1.54) is 12.0 Å². The summed E-state index contributed by atoms with van der Waals surface area (Å²) in [5.41, 5.74) is 1.66. The van der Waals surface area contributed by atoms with Gasteiger partial charge < -0.3 is 24.6 Å². The number of rotatable bonds is 8. The number of ether oxygens (including phenoxy) is 2. The second kappa shape index (κ2) is 10.9. The van der Waals surface area contributed by atoms with Gasteiger partial charge in [-0.3, -0.25) is 9.59 Å². The molecule has 0 saturated carbocycles. The summed E-state index contributed by atoms with van der Waals surface area (Å²) in [6, 6.07) is 18.3. The van der Waals surface area contributed by atoms with E-state index in [0.29, 0.717) is 28.0 Å². The highest BCUT2D eigenvalue weighted by molar-refractivity contribution is 9.10. The average molecular weight is 552 g/mol. The van der Waals surface area contributed by atoms with Gasteiger partial charge in [-0.05, 0) is 69.9 Å². The van der Waals surface area contributed by atoms with Crippen molar-refractivity contribution in [3.63, 3.8) is 0 Å². The van der Waals surface area contributed by atoms with Crippen molar-refractivity contribution in [3.05, 3.63) is 93.5 Å². The van der Waals surface area contributed by atoms with Crippen molar-refractivity contribution in [3.8, 4) is 17.2 Å². The number of hydrogen-bond acceptors (Lipinski definition) is 6. The zero-order valence-corrected chi connectivity index (χ0v) is 21.5. The molecule has 4 rings (SSSR count). The molecule has 0 spiro atoms. The summed E-state index contributed by atoms with van der Waals surface area (Å²) in [5.74, 6) is -1.11. The number of carbonyl (C=O) groups excluding carboxylic acids is 2. The number of carbonyl (C=O) groups is 2. The number of benzene rings is 3. The fraction of sp³-hybridized carbons (Fsp3) is 0.214. The van der Waals surface area contributed by atoms with Crippen LogP contribution in [0.25, 0.3) is 5.76 Å². The van der Waals surface area contributed by atoms with E-state index in [-0.39, 0.29) is 29.4 Å². The minimum Gasteiger partial charge on any atom is -0.507 e.